The van der Waals surface area contributed by atoms with Crippen molar-refractivity contribution >= 4 is 16.5 Å². The molecule has 0 bridgehead atoms. The quantitative estimate of drug-likeness (QED) is 0.687. The minimum atomic E-state index is 0.679. The summed E-state index contributed by atoms with van der Waals surface area (Å²) in [7, 11) is 0. The third kappa shape index (κ3) is 1.83. The molecule has 2 aromatic heterocycles. The van der Waals surface area contributed by atoms with Gasteiger partial charge in [0.15, 0.2) is 0 Å². The third-order valence-electron chi connectivity index (χ3n) is 2.72. The van der Waals surface area contributed by atoms with Gasteiger partial charge >= 0.3 is 0 Å². The van der Waals surface area contributed by atoms with Crippen LogP contribution in [0.25, 0.3) is 22.0 Å². The van der Waals surface area contributed by atoms with E-state index in [2.05, 4.69) is 22.1 Å². The molecule has 0 aliphatic carbocycles. The summed E-state index contributed by atoms with van der Waals surface area (Å²) in [6.07, 6.45) is 5.32. The number of hydrogen-bond donors (Lipinski definition) is 1. The average Bonchev–Trinajstić information content (AvgIpc) is 2.39. The Balaban J connectivity index is 2.14. The molecule has 0 aliphatic heterocycles. The summed E-state index contributed by atoms with van der Waals surface area (Å²) in [6.45, 7) is 0. The van der Waals surface area contributed by atoms with Crippen LogP contribution in [-0.2, 0) is 0 Å². The minimum absolute atomic E-state index is 0.679. The van der Waals surface area contributed by atoms with E-state index in [9.17, 15) is 0 Å². The molecular formula is C14H11N3. The maximum atomic E-state index is 5.62. The van der Waals surface area contributed by atoms with Gasteiger partial charge in [-0.3, -0.25) is 9.97 Å². The maximum Gasteiger partial charge on any atom is 0.0703 e. The van der Waals surface area contributed by atoms with Crippen molar-refractivity contribution in [3.8, 4) is 11.3 Å². The molecular weight excluding hydrogens is 210 g/mol. The monoisotopic (exact) mass is 221 g/mol. The van der Waals surface area contributed by atoms with Crippen LogP contribution >= 0.6 is 0 Å². The Hall–Kier alpha value is -2.42. The summed E-state index contributed by atoms with van der Waals surface area (Å²) < 4.78 is 0. The fraction of sp³-hybridized carbons (Fsp3) is 0. The number of anilines is 1. The predicted octanol–water partition coefficient (Wildman–Crippen LogP) is 2.88. The van der Waals surface area contributed by atoms with E-state index in [-0.39, 0.29) is 0 Å². The van der Waals surface area contributed by atoms with Crippen LogP contribution in [0.4, 0.5) is 5.69 Å². The van der Waals surface area contributed by atoms with Gasteiger partial charge in [0.05, 0.1) is 17.6 Å². The maximum absolute atomic E-state index is 5.62. The van der Waals surface area contributed by atoms with Crippen molar-refractivity contribution in [2.75, 3.05) is 5.73 Å². The van der Waals surface area contributed by atoms with Gasteiger partial charge in [0.1, 0.15) is 0 Å². The number of fused-ring (bicyclic) bond motifs is 1. The van der Waals surface area contributed by atoms with Crippen molar-refractivity contribution in [2.45, 2.75) is 0 Å². The van der Waals surface area contributed by atoms with Crippen LogP contribution in [0.3, 0.4) is 0 Å². The highest BCUT2D eigenvalue weighted by atomic mass is 14.7. The number of nitrogen functional groups attached to an aromatic ring is 1. The van der Waals surface area contributed by atoms with Gasteiger partial charge in [0.2, 0.25) is 0 Å². The fourth-order valence-electron chi connectivity index (χ4n) is 1.82. The van der Waals surface area contributed by atoms with Gasteiger partial charge in [0, 0.05) is 23.3 Å². The minimum Gasteiger partial charge on any atom is -0.397 e. The fourth-order valence-corrected chi connectivity index (χ4v) is 1.82. The molecule has 0 radical (unpaired) electrons. The molecule has 0 atom stereocenters. The molecule has 3 nitrogen and oxygen atoms in total. The molecule has 0 saturated heterocycles. The third-order valence-corrected chi connectivity index (χ3v) is 2.72. The van der Waals surface area contributed by atoms with E-state index in [0.717, 1.165) is 22.0 Å². The van der Waals surface area contributed by atoms with Gasteiger partial charge in [-0.25, -0.2) is 0 Å². The smallest absolute Gasteiger partial charge is 0.0703 e. The molecule has 0 aliphatic rings. The molecule has 17 heavy (non-hydrogen) atoms. The highest BCUT2D eigenvalue weighted by molar-refractivity contribution is 5.86. The number of rotatable bonds is 1. The lowest BCUT2D eigenvalue weighted by atomic mass is 10.1. The van der Waals surface area contributed by atoms with Crippen molar-refractivity contribution in [1.82, 2.24) is 9.97 Å². The van der Waals surface area contributed by atoms with Crippen LogP contribution in [0.15, 0.2) is 55.0 Å². The Kier molecular flexibility index (Phi) is 2.22. The molecule has 3 rings (SSSR count). The first-order valence-corrected chi connectivity index (χ1v) is 5.38. The summed E-state index contributed by atoms with van der Waals surface area (Å²) in [5.41, 5.74) is 8.32. The van der Waals surface area contributed by atoms with Crippen LogP contribution in [0, 0.1) is 0 Å². The van der Waals surface area contributed by atoms with Crippen LogP contribution in [0.5, 0.6) is 0 Å². The number of aromatic nitrogens is 2. The first-order chi connectivity index (χ1) is 8.33. The molecule has 0 unspecified atom stereocenters. The highest BCUT2D eigenvalue weighted by Gasteiger charge is 2.00. The number of benzene rings is 1. The molecule has 1 aromatic carbocycles. The highest BCUT2D eigenvalue weighted by Crippen LogP contribution is 2.22. The number of nitrogens with two attached hydrogens (primary N) is 1. The predicted molar refractivity (Wildman–Crippen MR) is 69.4 cm³/mol. The summed E-state index contributed by atoms with van der Waals surface area (Å²) in [5.74, 6) is 0. The SMILES string of the molecule is Nc1ccc(-c2ccc3cnccc3c2)nc1. The van der Waals surface area contributed by atoms with E-state index in [0.29, 0.717) is 5.69 Å². The van der Waals surface area contributed by atoms with Crippen LogP contribution in [-0.4, -0.2) is 9.97 Å². The lowest BCUT2D eigenvalue weighted by Gasteiger charge is -2.03. The second-order valence-corrected chi connectivity index (χ2v) is 3.91. The van der Waals surface area contributed by atoms with Gasteiger partial charge in [-0.05, 0) is 29.7 Å². The zero-order chi connectivity index (χ0) is 11.7. The van der Waals surface area contributed by atoms with Gasteiger partial charge in [0.25, 0.3) is 0 Å². The van der Waals surface area contributed by atoms with E-state index in [4.69, 9.17) is 5.73 Å². The van der Waals surface area contributed by atoms with Crippen molar-refractivity contribution in [2.24, 2.45) is 0 Å². The Labute approximate surface area is 98.9 Å². The lowest BCUT2D eigenvalue weighted by Crippen LogP contribution is -1.88. The van der Waals surface area contributed by atoms with Gasteiger partial charge < -0.3 is 5.73 Å². The molecule has 0 fully saturated rings. The Morgan fingerprint density at radius 1 is 0.882 bits per heavy atom. The first-order valence-electron chi connectivity index (χ1n) is 5.38. The van der Waals surface area contributed by atoms with Crippen molar-refractivity contribution in [1.29, 1.82) is 0 Å². The van der Waals surface area contributed by atoms with E-state index in [1.54, 1.807) is 12.4 Å². The number of nitrogens with zero attached hydrogens (tertiary/aromatic N) is 2. The van der Waals surface area contributed by atoms with Crippen LogP contribution < -0.4 is 5.73 Å². The van der Waals surface area contributed by atoms with Crippen LogP contribution in [0.2, 0.25) is 0 Å². The Morgan fingerprint density at radius 2 is 1.82 bits per heavy atom. The molecule has 2 N–H and O–H groups in total. The molecule has 0 saturated carbocycles. The number of hydrogen-bond acceptors (Lipinski definition) is 3. The van der Waals surface area contributed by atoms with E-state index >= 15 is 0 Å². The van der Waals surface area contributed by atoms with Gasteiger partial charge in [-0.1, -0.05) is 12.1 Å². The topological polar surface area (TPSA) is 51.8 Å². The summed E-state index contributed by atoms with van der Waals surface area (Å²) >= 11 is 0. The first kappa shape index (κ1) is 9.78. The summed E-state index contributed by atoms with van der Waals surface area (Å²) in [5, 5.41) is 2.29. The standard InChI is InChI=1S/C14H11N3/c15-13-3-4-14(17-9-13)11-1-2-12-8-16-6-5-10(12)7-11/h1-9H,15H2. The Bertz CT molecular complexity index is 660. The van der Waals surface area contributed by atoms with E-state index in [1.165, 1.54) is 0 Å². The molecule has 0 spiro atoms. The zero-order valence-corrected chi connectivity index (χ0v) is 9.17. The van der Waals surface area contributed by atoms with Crippen molar-refractivity contribution in [3.05, 3.63) is 55.0 Å². The largest absolute Gasteiger partial charge is 0.397 e. The van der Waals surface area contributed by atoms with E-state index in [1.807, 2.05) is 30.5 Å². The summed E-state index contributed by atoms with van der Waals surface area (Å²) in [6, 6.07) is 12.0. The van der Waals surface area contributed by atoms with E-state index < -0.39 is 0 Å². The average molecular weight is 221 g/mol. The van der Waals surface area contributed by atoms with Crippen LogP contribution in [0.1, 0.15) is 0 Å². The van der Waals surface area contributed by atoms with Crippen molar-refractivity contribution < 1.29 is 0 Å². The van der Waals surface area contributed by atoms with Gasteiger partial charge in [-0.2, -0.15) is 0 Å². The second kappa shape index (κ2) is 3.87. The molecule has 2 heterocycles. The second-order valence-electron chi connectivity index (χ2n) is 3.91. The zero-order valence-electron chi connectivity index (χ0n) is 9.17. The number of pyridine rings is 2. The molecule has 3 heteroatoms. The van der Waals surface area contributed by atoms with Gasteiger partial charge in [-0.15, -0.1) is 0 Å². The molecule has 3 aromatic rings. The lowest BCUT2D eigenvalue weighted by molar-refractivity contribution is 1.33. The van der Waals surface area contributed by atoms with Crippen molar-refractivity contribution in [3.63, 3.8) is 0 Å². The molecule has 82 valence electrons. The normalized spacial score (nSPS) is 10.6. The molecule has 0 amide bonds. The summed E-state index contributed by atoms with van der Waals surface area (Å²) in [4.78, 5) is 8.41. The Morgan fingerprint density at radius 3 is 2.65 bits per heavy atom.